The van der Waals surface area contributed by atoms with Crippen molar-refractivity contribution in [1.82, 2.24) is 4.98 Å². The second kappa shape index (κ2) is 27.4. The summed E-state index contributed by atoms with van der Waals surface area (Å²) in [5.74, 6) is 0. The minimum absolute atomic E-state index is 0.230. The summed E-state index contributed by atoms with van der Waals surface area (Å²) in [6.07, 6.45) is 3.72. The summed E-state index contributed by atoms with van der Waals surface area (Å²) in [6.45, 7) is 42.7. The smallest absolute Gasteiger partial charge is 0.0305 e. The monoisotopic (exact) mass is 714 g/mol. The first kappa shape index (κ1) is 52.1. The summed E-state index contributed by atoms with van der Waals surface area (Å²) in [7, 11) is 0. The van der Waals surface area contributed by atoms with Crippen LogP contribution in [0.4, 0.5) is 0 Å². The van der Waals surface area contributed by atoms with E-state index >= 15 is 0 Å². The van der Waals surface area contributed by atoms with Gasteiger partial charge in [0.2, 0.25) is 0 Å². The van der Waals surface area contributed by atoms with E-state index in [9.17, 15) is 0 Å². The van der Waals surface area contributed by atoms with Gasteiger partial charge < -0.3 is 0 Å². The number of aromatic nitrogens is 1. The maximum absolute atomic E-state index is 4.05. The zero-order valence-electron chi connectivity index (χ0n) is 36.8. The molecule has 1 nitrogen and oxygen atoms in total. The van der Waals surface area contributed by atoms with Gasteiger partial charge in [0.1, 0.15) is 0 Å². The molecule has 2 heterocycles. The van der Waals surface area contributed by atoms with Crippen LogP contribution in [0.15, 0.2) is 115 Å². The fourth-order valence-corrected chi connectivity index (χ4v) is 4.92. The number of hydrogen-bond donors (Lipinski definition) is 0. The molecule has 0 spiro atoms. The molecule has 0 saturated heterocycles. The van der Waals surface area contributed by atoms with Crippen LogP contribution in [0, 0.1) is 0 Å². The molecule has 5 aromatic rings. The first-order valence-corrected chi connectivity index (χ1v) is 20.3. The van der Waals surface area contributed by atoms with Crippen molar-refractivity contribution in [2.24, 2.45) is 0 Å². The molecule has 0 N–H and O–H groups in total. The van der Waals surface area contributed by atoms with Crippen LogP contribution >= 0.6 is 11.3 Å². The van der Waals surface area contributed by atoms with Crippen molar-refractivity contribution in [2.75, 3.05) is 0 Å². The Morgan fingerprint density at radius 3 is 1.18 bits per heavy atom. The van der Waals surface area contributed by atoms with E-state index in [1.54, 1.807) is 6.20 Å². The highest BCUT2D eigenvalue weighted by Gasteiger charge is 2.14. The van der Waals surface area contributed by atoms with Gasteiger partial charge >= 0.3 is 0 Å². The van der Waals surface area contributed by atoms with Gasteiger partial charge in [0.15, 0.2) is 0 Å². The highest BCUT2D eigenvalue weighted by atomic mass is 32.1. The van der Waals surface area contributed by atoms with Gasteiger partial charge in [0.05, 0.1) is 0 Å². The summed E-state index contributed by atoms with van der Waals surface area (Å²) >= 11 is 1.83. The van der Waals surface area contributed by atoms with Crippen molar-refractivity contribution in [3.63, 3.8) is 0 Å². The van der Waals surface area contributed by atoms with Crippen molar-refractivity contribution in [2.45, 2.75) is 160 Å². The molecular weight excluding hydrogens is 635 g/mol. The Morgan fingerprint density at radius 2 is 0.843 bits per heavy atom. The SMILES string of the molecule is CC.CC.CC.CC.CC(C)(C)c1ccc2ccccc2c1.CC(C)(C)c1ccccc1.CC(C)(C)c1cccnc1.CC(C)(C)c1cccs1. The maximum Gasteiger partial charge on any atom is 0.0305 e. The van der Waals surface area contributed by atoms with Crippen LogP contribution in [-0.2, 0) is 21.7 Å². The van der Waals surface area contributed by atoms with Gasteiger partial charge in [-0.2, -0.15) is 0 Å². The summed E-state index contributed by atoms with van der Waals surface area (Å²) in [4.78, 5) is 5.51. The van der Waals surface area contributed by atoms with Crippen LogP contribution < -0.4 is 0 Å². The number of nitrogens with zero attached hydrogens (tertiary/aromatic N) is 1. The van der Waals surface area contributed by atoms with E-state index in [1.807, 2.05) is 79.0 Å². The minimum atomic E-state index is 0.230. The lowest BCUT2D eigenvalue weighted by Crippen LogP contribution is -2.10. The average molecular weight is 714 g/mol. The molecule has 2 heteroatoms. The van der Waals surface area contributed by atoms with Crippen LogP contribution in [0.25, 0.3) is 10.8 Å². The van der Waals surface area contributed by atoms with Crippen LogP contribution in [0.5, 0.6) is 0 Å². The lowest BCUT2D eigenvalue weighted by Gasteiger charge is -2.19. The number of thiophene rings is 1. The lowest BCUT2D eigenvalue weighted by molar-refractivity contribution is 0.587. The Kier molecular flexibility index (Phi) is 28.0. The van der Waals surface area contributed by atoms with E-state index in [-0.39, 0.29) is 10.8 Å². The molecule has 5 rings (SSSR count). The predicted molar refractivity (Wildman–Crippen MR) is 239 cm³/mol. The van der Waals surface area contributed by atoms with Gasteiger partial charge in [-0.05, 0) is 66.6 Å². The van der Waals surface area contributed by atoms with Crippen LogP contribution in [0.1, 0.15) is 160 Å². The number of benzene rings is 3. The molecule has 0 atom stereocenters. The predicted octanol–water partition coefficient (Wildman–Crippen LogP) is 16.7. The lowest BCUT2D eigenvalue weighted by atomic mass is 9.86. The maximum atomic E-state index is 4.05. The highest BCUT2D eigenvalue weighted by Crippen LogP contribution is 2.27. The third-order valence-electron chi connectivity index (χ3n) is 7.04. The fourth-order valence-electron chi connectivity index (χ4n) is 4.11. The van der Waals surface area contributed by atoms with E-state index in [0.717, 1.165) is 0 Å². The Hall–Kier alpha value is -3.23. The molecule has 0 saturated carbocycles. The van der Waals surface area contributed by atoms with Crippen LogP contribution in [0.2, 0.25) is 0 Å². The van der Waals surface area contributed by atoms with Gasteiger partial charge in [-0.15, -0.1) is 11.3 Å². The molecule has 0 amide bonds. The molecule has 0 aliphatic carbocycles. The third-order valence-corrected chi connectivity index (χ3v) is 8.34. The van der Waals surface area contributed by atoms with Gasteiger partial charge in [0.25, 0.3) is 0 Å². The number of fused-ring (bicyclic) bond motifs is 1. The second-order valence-electron chi connectivity index (χ2n) is 15.1. The zero-order chi connectivity index (χ0) is 40.3. The van der Waals surface area contributed by atoms with E-state index in [4.69, 9.17) is 0 Å². The zero-order valence-corrected chi connectivity index (χ0v) is 37.6. The summed E-state index contributed by atoms with van der Waals surface area (Å²) in [6, 6.07) is 34.1. The molecule has 286 valence electrons. The highest BCUT2D eigenvalue weighted by molar-refractivity contribution is 7.10. The molecule has 2 aromatic heterocycles. The molecule has 0 radical (unpaired) electrons. The first-order valence-electron chi connectivity index (χ1n) is 19.4. The summed E-state index contributed by atoms with van der Waals surface area (Å²) in [5, 5.41) is 4.78. The Morgan fingerprint density at radius 1 is 0.392 bits per heavy atom. The van der Waals surface area contributed by atoms with Gasteiger partial charge in [-0.3, -0.25) is 4.98 Å². The molecule has 3 aromatic carbocycles. The molecule has 0 aliphatic rings. The van der Waals surface area contributed by atoms with E-state index in [0.29, 0.717) is 10.8 Å². The second-order valence-corrected chi connectivity index (χ2v) is 16.1. The number of hydrogen-bond acceptors (Lipinski definition) is 2. The van der Waals surface area contributed by atoms with Gasteiger partial charge in [0, 0.05) is 17.3 Å². The van der Waals surface area contributed by atoms with Crippen molar-refractivity contribution in [3.8, 4) is 0 Å². The Balaban J connectivity index is -0.000000571. The molecule has 0 fully saturated rings. The van der Waals surface area contributed by atoms with Gasteiger partial charge in [-0.25, -0.2) is 0 Å². The molecule has 0 unspecified atom stereocenters. The number of rotatable bonds is 0. The Labute approximate surface area is 322 Å². The van der Waals surface area contributed by atoms with E-state index < -0.39 is 0 Å². The van der Waals surface area contributed by atoms with Crippen LogP contribution in [-0.4, -0.2) is 4.98 Å². The quantitative estimate of drug-likeness (QED) is 0.156. The Bertz CT molecular complexity index is 1410. The van der Waals surface area contributed by atoms with Gasteiger partial charge in [-0.1, -0.05) is 223 Å². The minimum Gasteiger partial charge on any atom is -0.264 e. The molecule has 0 aliphatic heterocycles. The molecule has 51 heavy (non-hydrogen) atoms. The van der Waals surface area contributed by atoms with E-state index in [2.05, 4.69) is 184 Å². The topological polar surface area (TPSA) is 12.9 Å². The van der Waals surface area contributed by atoms with Crippen molar-refractivity contribution >= 4 is 22.1 Å². The summed E-state index contributed by atoms with van der Waals surface area (Å²) < 4.78 is 0. The van der Waals surface area contributed by atoms with Crippen molar-refractivity contribution < 1.29 is 0 Å². The first-order chi connectivity index (χ1) is 23.9. The fraction of sp³-hybridized carbons (Fsp3) is 0.490. The largest absolute Gasteiger partial charge is 0.264 e. The summed E-state index contributed by atoms with van der Waals surface area (Å²) in [5.41, 5.74) is 5.19. The average Bonchev–Trinajstić information content (AvgIpc) is 3.69. The standard InChI is InChI=1S/C14H16.C10H14.C9H13N.C8H12S.4C2H6/c1-14(2,3)13-9-8-11-6-4-5-7-12(11)10-13;1-10(2,3)9-7-5-4-6-8-9;1-9(2,3)8-5-4-6-10-7-8;1-8(2,3)7-5-4-6-9-7;4*1-2/h4-10H,1-3H3;4-8H,1-3H3;4-7H,1-3H3;4-6H,1-3H3;4*1-2H3. The molecule has 0 bridgehead atoms. The number of pyridine rings is 1. The van der Waals surface area contributed by atoms with Crippen LogP contribution in [0.3, 0.4) is 0 Å². The van der Waals surface area contributed by atoms with Crippen molar-refractivity contribution in [3.05, 3.63) is 136 Å². The molecular formula is C49H79NS. The van der Waals surface area contributed by atoms with Crippen molar-refractivity contribution in [1.29, 1.82) is 0 Å². The third kappa shape index (κ3) is 23.1. The normalized spacial score (nSPS) is 10.4. The van der Waals surface area contributed by atoms with E-state index in [1.165, 1.54) is 32.3 Å².